The highest BCUT2D eigenvalue weighted by molar-refractivity contribution is 6.31. The Morgan fingerprint density at radius 1 is 1.10 bits per heavy atom. The normalized spacial score (nSPS) is 12.3. The van der Waals surface area contributed by atoms with Crippen molar-refractivity contribution in [2.24, 2.45) is 0 Å². The highest BCUT2D eigenvalue weighted by Gasteiger charge is 2.08. The fraction of sp³-hybridized carbons (Fsp3) is 0.118. The average Bonchev–Trinajstić information content (AvgIpc) is 2.47. The van der Waals surface area contributed by atoms with Crippen LogP contribution in [0.5, 0.6) is 0 Å². The zero-order valence-electron chi connectivity index (χ0n) is 11.5. The van der Waals surface area contributed by atoms with E-state index >= 15 is 0 Å². The van der Waals surface area contributed by atoms with Crippen molar-refractivity contribution in [2.45, 2.75) is 13.0 Å². The largest absolute Gasteiger partial charge is 0.378 e. The summed E-state index contributed by atoms with van der Waals surface area (Å²) >= 11 is 5.99. The van der Waals surface area contributed by atoms with Crippen molar-refractivity contribution < 1.29 is 4.39 Å². The van der Waals surface area contributed by atoms with E-state index < -0.39 is 0 Å². The molecule has 0 saturated carbocycles. The summed E-state index contributed by atoms with van der Waals surface area (Å²) in [6, 6.07) is 14.1. The molecule has 0 saturated heterocycles. The van der Waals surface area contributed by atoms with Crippen LogP contribution in [0.2, 0.25) is 5.02 Å². The number of nitrogens with zero attached hydrogens (tertiary/aromatic N) is 1. The van der Waals surface area contributed by atoms with E-state index in [0.29, 0.717) is 5.02 Å². The quantitative estimate of drug-likeness (QED) is 0.719. The Labute approximate surface area is 127 Å². The number of pyridine rings is 1. The first-order valence-electron chi connectivity index (χ1n) is 6.70. The molecule has 3 rings (SSSR count). The lowest BCUT2D eigenvalue weighted by Gasteiger charge is -2.17. The summed E-state index contributed by atoms with van der Waals surface area (Å²) in [5.41, 5.74) is 2.85. The molecular formula is C17H14ClFN2. The van der Waals surface area contributed by atoms with Crippen LogP contribution >= 0.6 is 11.6 Å². The molecule has 0 spiro atoms. The summed E-state index contributed by atoms with van der Waals surface area (Å²) in [6.45, 7) is 2.04. The van der Waals surface area contributed by atoms with Crippen LogP contribution in [0.1, 0.15) is 18.5 Å². The second-order valence-corrected chi connectivity index (χ2v) is 5.37. The fourth-order valence-corrected chi connectivity index (χ4v) is 2.48. The van der Waals surface area contributed by atoms with Gasteiger partial charge in [0, 0.05) is 28.3 Å². The maximum Gasteiger partial charge on any atom is 0.123 e. The number of anilines is 1. The van der Waals surface area contributed by atoms with E-state index in [2.05, 4.69) is 10.3 Å². The van der Waals surface area contributed by atoms with Gasteiger partial charge in [0.1, 0.15) is 5.82 Å². The van der Waals surface area contributed by atoms with Gasteiger partial charge in [-0.25, -0.2) is 4.39 Å². The van der Waals surface area contributed by atoms with Crippen LogP contribution in [0.25, 0.3) is 10.9 Å². The summed E-state index contributed by atoms with van der Waals surface area (Å²) in [4.78, 5) is 4.32. The standard InChI is InChI=1S/C17H14ClFN2/c1-11(12-2-5-14(19)6-3-12)21-16-8-9-20-17-10-13(18)4-7-15(16)17/h2-11H,1H3,(H,20,21). The van der Waals surface area contributed by atoms with Crippen LogP contribution < -0.4 is 5.32 Å². The van der Waals surface area contributed by atoms with E-state index in [9.17, 15) is 4.39 Å². The third-order valence-corrected chi connectivity index (χ3v) is 3.68. The smallest absolute Gasteiger partial charge is 0.123 e. The van der Waals surface area contributed by atoms with Crippen LogP contribution in [-0.4, -0.2) is 4.98 Å². The SMILES string of the molecule is CC(Nc1ccnc2cc(Cl)ccc12)c1ccc(F)cc1. The van der Waals surface area contributed by atoms with Gasteiger partial charge in [-0.3, -0.25) is 4.98 Å². The van der Waals surface area contributed by atoms with Crippen LogP contribution in [0.4, 0.5) is 10.1 Å². The molecule has 4 heteroatoms. The van der Waals surface area contributed by atoms with Gasteiger partial charge in [-0.05, 0) is 48.9 Å². The summed E-state index contributed by atoms with van der Waals surface area (Å²) in [5.74, 6) is -0.227. The minimum absolute atomic E-state index is 0.0619. The van der Waals surface area contributed by atoms with Gasteiger partial charge in [-0.1, -0.05) is 23.7 Å². The number of nitrogens with one attached hydrogen (secondary N) is 1. The monoisotopic (exact) mass is 300 g/mol. The molecule has 2 aromatic carbocycles. The molecule has 21 heavy (non-hydrogen) atoms. The van der Waals surface area contributed by atoms with Crippen molar-refractivity contribution in [1.29, 1.82) is 0 Å². The summed E-state index contributed by atoms with van der Waals surface area (Å²) in [6.07, 6.45) is 1.75. The lowest BCUT2D eigenvalue weighted by molar-refractivity contribution is 0.626. The molecule has 0 radical (unpaired) electrons. The Balaban J connectivity index is 1.92. The van der Waals surface area contributed by atoms with Gasteiger partial charge in [0.15, 0.2) is 0 Å². The zero-order valence-corrected chi connectivity index (χ0v) is 12.2. The Morgan fingerprint density at radius 3 is 2.62 bits per heavy atom. The Hall–Kier alpha value is -2.13. The predicted octanol–water partition coefficient (Wildman–Crippen LogP) is 5.20. The van der Waals surface area contributed by atoms with E-state index in [0.717, 1.165) is 22.2 Å². The van der Waals surface area contributed by atoms with Gasteiger partial charge in [0.05, 0.1) is 5.52 Å². The van der Waals surface area contributed by atoms with E-state index in [1.807, 2.05) is 31.2 Å². The first-order valence-corrected chi connectivity index (χ1v) is 7.07. The van der Waals surface area contributed by atoms with Crippen molar-refractivity contribution in [3.8, 4) is 0 Å². The number of benzene rings is 2. The molecule has 1 aromatic heterocycles. The Kier molecular flexibility index (Phi) is 3.76. The van der Waals surface area contributed by atoms with Crippen LogP contribution in [0.15, 0.2) is 54.7 Å². The minimum atomic E-state index is -0.227. The van der Waals surface area contributed by atoms with Crippen molar-refractivity contribution in [2.75, 3.05) is 5.32 Å². The van der Waals surface area contributed by atoms with E-state index in [1.165, 1.54) is 12.1 Å². The summed E-state index contributed by atoms with van der Waals surface area (Å²) in [5, 5.41) is 5.11. The zero-order chi connectivity index (χ0) is 14.8. The molecule has 0 aliphatic carbocycles. The van der Waals surface area contributed by atoms with Crippen molar-refractivity contribution in [3.05, 3.63) is 71.1 Å². The molecule has 1 heterocycles. The second kappa shape index (κ2) is 5.70. The number of rotatable bonds is 3. The van der Waals surface area contributed by atoms with E-state index in [-0.39, 0.29) is 11.9 Å². The molecule has 2 nitrogen and oxygen atoms in total. The Morgan fingerprint density at radius 2 is 1.86 bits per heavy atom. The molecule has 1 unspecified atom stereocenters. The van der Waals surface area contributed by atoms with E-state index in [1.54, 1.807) is 18.3 Å². The molecule has 1 atom stereocenters. The topological polar surface area (TPSA) is 24.9 Å². The number of hydrogen-bond acceptors (Lipinski definition) is 2. The van der Waals surface area contributed by atoms with Crippen molar-refractivity contribution in [3.63, 3.8) is 0 Å². The first-order chi connectivity index (χ1) is 10.1. The highest BCUT2D eigenvalue weighted by atomic mass is 35.5. The van der Waals surface area contributed by atoms with Gasteiger partial charge in [0.25, 0.3) is 0 Å². The Bertz CT molecular complexity index is 771. The van der Waals surface area contributed by atoms with Crippen LogP contribution in [0, 0.1) is 5.82 Å². The maximum absolute atomic E-state index is 13.0. The third-order valence-electron chi connectivity index (χ3n) is 3.45. The van der Waals surface area contributed by atoms with Crippen molar-refractivity contribution in [1.82, 2.24) is 4.98 Å². The summed E-state index contributed by atoms with van der Waals surface area (Å²) < 4.78 is 13.0. The molecule has 106 valence electrons. The van der Waals surface area contributed by atoms with Gasteiger partial charge < -0.3 is 5.32 Å². The van der Waals surface area contributed by atoms with Crippen molar-refractivity contribution >= 4 is 28.2 Å². The van der Waals surface area contributed by atoms with Gasteiger partial charge in [-0.15, -0.1) is 0 Å². The average molecular weight is 301 g/mol. The van der Waals surface area contributed by atoms with Gasteiger partial charge in [0.2, 0.25) is 0 Å². The molecule has 0 amide bonds. The number of aromatic nitrogens is 1. The predicted molar refractivity (Wildman–Crippen MR) is 85.2 cm³/mol. The molecule has 3 aromatic rings. The van der Waals surface area contributed by atoms with Crippen LogP contribution in [-0.2, 0) is 0 Å². The van der Waals surface area contributed by atoms with Gasteiger partial charge >= 0.3 is 0 Å². The third kappa shape index (κ3) is 2.98. The van der Waals surface area contributed by atoms with Gasteiger partial charge in [-0.2, -0.15) is 0 Å². The lowest BCUT2D eigenvalue weighted by Crippen LogP contribution is -2.07. The fourth-order valence-electron chi connectivity index (χ4n) is 2.32. The first kappa shape index (κ1) is 13.8. The molecule has 0 fully saturated rings. The molecule has 1 N–H and O–H groups in total. The number of fused-ring (bicyclic) bond motifs is 1. The minimum Gasteiger partial charge on any atom is -0.378 e. The molecule has 0 aliphatic rings. The highest BCUT2D eigenvalue weighted by Crippen LogP contribution is 2.27. The summed E-state index contributed by atoms with van der Waals surface area (Å²) in [7, 11) is 0. The number of halogens is 2. The molecular weight excluding hydrogens is 287 g/mol. The van der Waals surface area contributed by atoms with E-state index in [4.69, 9.17) is 11.6 Å². The molecule has 0 aliphatic heterocycles. The second-order valence-electron chi connectivity index (χ2n) is 4.94. The lowest BCUT2D eigenvalue weighted by atomic mass is 10.1. The molecule has 0 bridgehead atoms. The maximum atomic E-state index is 13.0. The number of hydrogen-bond donors (Lipinski definition) is 1. The van der Waals surface area contributed by atoms with Crippen LogP contribution in [0.3, 0.4) is 0 Å².